The van der Waals surface area contributed by atoms with Crippen molar-refractivity contribution in [3.63, 3.8) is 0 Å². The largest absolute Gasteiger partial charge is 0.368 e. The first-order valence-corrected chi connectivity index (χ1v) is 5.60. The monoisotopic (exact) mass is 270 g/mol. The molecule has 0 bridgehead atoms. The number of aromatic nitrogens is 1. The van der Waals surface area contributed by atoms with Gasteiger partial charge in [-0.15, -0.1) is 0 Å². The van der Waals surface area contributed by atoms with Gasteiger partial charge in [-0.3, -0.25) is 4.79 Å². The molecule has 0 aromatic carbocycles. The summed E-state index contributed by atoms with van der Waals surface area (Å²) in [6.07, 6.45) is 1.43. The summed E-state index contributed by atoms with van der Waals surface area (Å²) in [4.78, 5) is 15.7. The molecule has 1 N–H and O–H groups in total. The van der Waals surface area contributed by atoms with Crippen LogP contribution < -0.4 is 5.32 Å². The van der Waals surface area contributed by atoms with Gasteiger partial charge in [0.1, 0.15) is 16.5 Å². The first kappa shape index (κ1) is 10.6. The van der Waals surface area contributed by atoms with Crippen LogP contribution in [0.3, 0.4) is 0 Å². The molecular weight excluding hydrogens is 260 g/mol. The van der Waals surface area contributed by atoms with E-state index in [0.717, 1.165) is 12.8 Å². The van der Waals surface area contributed by atoms with Crippen molar-refractivity contribution in [2.24, 2.45) is 0 Å². The molecule has 0 unspecified atom stereocenters. The van der Waals surface area contributed by atoms with E-state index >= 15 is 0 Å². The van der Waals surface area contributed by atoms with Crippen LogP contribution >= 0.6 is 15.9 Å². The van der Waals surface area contributed by atoms with E-state index in [9.17, 15) is 4.79 Å². The van der Waals surface area contributed by atoms with Crippen LogP contribution in [0.4, 0.5) is 5.82 Å². The number of carbonyl (C=O) groups is 1. The van der Waals surface area contributed by atoms with Gasteiger partial charge in [0.2, 0.25) is 0 Å². The molecule has 1 aliphatic heterocycles. The number of halogens is 1. The number of ether oxygens (including phenoxy) is 1. The Kier molecular flexibility index (Phi) is 3.33. The first-order chi connectivity index (χ1) is 7.25. The molecule has 1 amide bonds. The minimum Gasteiger partial charge on any atom is -0.368 e. The maximum atomic E-state index is 11.6. The molecule has 1 fully saturated rings. The Morgan fingerprint density at radius 1 is 1.60 bits per heavy atom. The fraction of sp³-hybridized carbons (Fsp3) is 0.400. The second-order valence-electron chi connectivity index (χ2n) is 3.34. The lowest BCUT2D eigenvalue weighted by Crippen LogP contribution is -2.27. The standard InChI is InChI=1S/C10H11BrN2O2/c11-8-4-1-5-9(12-8)13-10(14)7-3-2-6-15-7/h1,4-5,7H,2-3,6H2,(H,12,13,14)/t7-/m0/s1. The molecule has 0 spiro atoms. The second-order valence-corrected chi connectivity index (χ2v) is 4.15. The average molecular weight is 271 g/mol. The number of carbonyl (C=O) groups excluding carboxylic acids is 1. The number of hydrogen-bond donors (Lipinski definition) is 1. The van der Waals surface area contributed by atoms with Gasteiger partial charge < -0.3 is 10.1 Å². The SMILES string of the molecule is O=C(Nc1cccc(Br)n1)[C@@H]1CCCO1. The summed E-state index contributed by atoms with van der Waals surface area (Å²) in [6.45, 7) is 0.671. The number of pyridine rings is 1. The number of nitrogens with zero attached hydrogens (tertiary/aromatic N) is 1. The van der Waals surface area contributed by atoms with E-state index in [1.807, 2.05) is 12.1 Å². The maximum absolute atomic E-state index is 11.6. The fourth-order valence-corrected chi connectivity index (χ4v) is 1.81. The highest BCUT2D eigenvalue weighted by atomic mass is 79.9. The van der Waals surface area contributed by atoms with E-state index in [2.05, 4.69) is 26.2 Å². The Morgan fingerprint density at radius 2 is 2.47 bits per heavy atom. The molecule has 1 aromatic rings. The van der Waals surface area contributed by atoms with Crippen molar-refractivity contribution in [2.45, 2.75) is 18.9 Å². The molecule has 2 heterocycles. The zero-order valence-corrected chi connectivity index (χ0v) is 9.66. The summed E-state index contributed by atoms with van der Waals surface area (Å²) < 4.78 is 5.97. The molecule has 0 saturated carbocycles. The molecule has 80 valence electrons. The molecule has 2 rings (SSSR count). The van der Waals surface area contributed by atoms with Crippen LogP contribution in [0.5, 0.6) is 0 Å². The Morgan fingerprint density at radius 3 is 3.13 bits per heavy atom. The van der Waals surface area contributed by atoms with Gasteiger partial charge in [-0.25, -0.2) is 4.98 Å². The fourth-order valence-electron chi connectivity index (χ4n) is 1.47. The first-order valence-electron chi connectivity index (χ1n) is 4.81. The van der Waals surface area contributed by atoms with Crippen LogP contribution in [0.25, 0.3) is 0 Å². The third kappa shape index (κ3) is 2.76. The van der Waals surface area contributed by atoms with Gasteiger partial charge >= 0.3 is 0 Å². The summed E-state index contributed by atoms with van der Waals surface area (Å²) in [5.74, 6) is 0.433. The van der Waals surface area contributed by atoms with E-state index in [-0.39, 0.29) is 12.0 Å². The summed E-state index contributed by atoms with van der Waals surface area (Å²) in [5.41, 5.74) is 0. The minimum atomic E-state index is -0.314. The maximum Gasteiger partial charge on any atom is 0.254 e. The van der Waals surface area contributed by atoms with Crippen molar-refractivity contribution in [1.82, 2.24) is 4.98 Å². The molecule has 1 atom stereocenters. The van der Waals surface area contributed by atoms with E-state index in [1.165, 1.54) is 0 Å². The van der Waals surface area contributed by atoms with Gasteiger partial charge in [-0.2, -0.15) is 0 Å². The lowest BCUT2D eigenvalue weighted by molar-refractivity contribution is -0.124. The summed E-state index contributed by atoms with van der Waals surface area (Å²) >= 11 is 3.24. The molecule has 1 aromatic heterocycles. The molecule has 0 radical (unpaired) electrons. The van der Waals surface area contributed by atoms with Crippen LogP contribution in [-0.2, 0) is 9.53 Å². The van der Waals surface area contributed by atoms with Crippen molar-refractivity contribution in [1.29, 1.82) is 0 Å². The predicted molar refractivity (Wildman–Crippen MR) is 59.5 cm³/mol. The average Bonchev–Trinajstić information content (AvgIpc) is 2.70. The smallest absolute Gasteiger partial charge is 0.254 e. The van der Waals surface area contributed by atoms with Crippen LogP contribution in [0, 0.1) is 0 Å². The summed E-state index contributed by atoms with van der Waals surface area (Å²) in [6, 6.07) is 5.38. The van der Waals surface area contributed by atoms with Crippen LogP contribution in [-0.4, -0.2) is 23.6 Å². The highest BCUT2D eigenvalue weighted by molar-refractivity contribution is 9.10. The second kappa shape index (κ2) is 4.72. The molecule has 0 aliphatic carbocycles. The third-order valence-corrected chi connectivity index (χ3v) is 2.63. The van der Waals surface area contributed by atoms with Gasteiger partial charge in [-0.1, -0.05) is 6.07 Å². The molecule has 5 heteroatoms. The van der Waals surface area contributed by atoms with E-state index in [0.29, 0.717) is 17.0 Å². The van der Waals surface area contributed by atoms with Gasteiger partial charge in [0, 0.05) is 6.61 Å². The Bertz CT molecular complexity index is 364. The molecule has 1 saturated heterocycles. The normalized spacial score (nSPS) is 20.2. The Balaban J connectivity index is 1.99. The van der Waals surface area contributed by atoms with Gasteiger partial charge in [0.05, 0.1) is 0 Å². The third-order valence-electron chi connectivity index (χ3n) is 2.19. The Labute approximate surface area is 96.2 Å². The number of nitrogens with one attached hydrogen (secondary N) is 1. The van der Waals surface area contributed by atoms with Crippen molar-refractivity contribution in [2.75, 3.05) is 11.9 Å². The lowest BCUT2D eigenvalue weighted by atomic mass is 10.2. The van der Waals surface area contributed by atoms with Gasteiger partial charge in [0.15, 0.2) is 0 Å². The number of rotatable bonds is 2. The summed E-state index contributed by atoms with van der Waals surface area (Å²) in [7, 11) is 0. The molecule has 4 nitrogen and oxygen atoms in total. The quantitative estimate of drug-likeness (QED) is 0.836. The summed E-state index contributed by atoms with van der Waals surface area (Å²) in [5, 5.41) is 2.72. The van der Waals surface area contributed by atoms with Crippen molar-refractivity contribution in [3.05, 3.63) is 22.8 Å². The van der Waals surface area contributed by atoms with Gasteiger partial charge in [0.25, 0.3) is 5.91 Å². The van der Waals surface area contributed by atoms with E-state index < -0.39 is 0 Å². The highest BCUT2D eigenvalue weighted by Gasteiger charge is 2.23. The zero-order chi connectivity index (χ0) is 10.7. The van der Waals surface area contributed by atoms with Crippen molar-refractivity contribution < 1.29 is 9.53 Å². The van der Waals surface area contributed by atoms with Crippen molar-refractivity contribution >= 4 is 27.7 Å². The minimum absolute atomic E-state index is 0.113. The Hall–Kier alpha value is -0.940. The van der Waals surface area contributed by atoms with E-state index in [1.54, 1.807) is 6.07 Å². The number of anilines is 1. The topological polar surface area (TPSA) is 51.2 Å². The van der Waals surface area contributed by atoms with E-state index in [4.69, 9.17) is 4.74 Å². The van der Waals surface area contributed by atoms with Crippen LogP contribution in [0.15, 0.2) is 22.8 Å². The molecule has 15 heavy (non-hydrogen) atoms. The molecule has 1 aliphatic rings. The van der Waals surface area contributed by atoms with Crippen molar-refractivity contribution in [3.8, 4) is 0 Å². The number of hydrogen-bond acceptors (Lipinski definition) is 3. The number of amides is 1. The lowest BCUT2D eigenvalue weighted by Gasteiger charge is -2.09. The zero-order valence-electron chi connectivity index (χ0n) is 8.07. The van der Waals surface area contributed by atoms with Crippen LogP contribution in [0.1, 0.15) is 12.8 Å². The highest BCUT2D eigenvalue weighted by Crippen LogP contribution is 2.15. The predicted octanol–water partition coefficient (Wildman–Crippen LogP) is 1.96. The van der Waals surface area contributed by atoms with Crippen LogP contribution in [0.2, 0.25) is 0 Å². The van der Waals surface area contributed by atoms with Gasteiger partial charge in [-0.05, 0) is 40.9 Å². The molecular formula is C10H11BrN2O2.